The number of hydrogen-bond acceptors (Lipinski definition) is 8. The van der Waals surface area contributed by atoms with Crippen molar-refractivity contribution in [3.05, 3.63) is 42.0 Å². The van der Waals surface area contributed by atoms with E-state index in [1.54, 1.807) is 24.5 Å². The van der Waals surface area contributed by atoms with Crippen molar-refractivity contribution < 1.29 is 24.5 Å². The molecular formula is C24H28FN5O4. The number of pyridine rings is 1. The molecule has 3 heterocycles. The number of carbonyl (C=O) groups is 1. The van der Waals surface area contributed by atoms with Crippen LogP contribution in [0.3, 0.4) is 0 Å². The maximum Gasteiger partial charge on any atom is 0.290 e. The first-order valence-corrected chi connectivity index (χ1v) is 11.4. The van der Waals surface area contributed by atoms with Crippen LogP contribution in [0.15, 0.2) is 30.6 Å². The summed E-state index contributed by atoms with van der Waals surface area (Å²) >= 11 is 0. The lowest BCUT2D eigenvalue weighted by atomic mass is 10.0. The van der Waals surface area contributed by atoms with Crippen molar-refractivity contribution in [3.63, 3.8) is 0 Å². The lowest BCUT2D eigenvalue weighted by Crippen LogP contribution is -2.43. The molecule has 180 valence electrons. The number of benzene rings is 1. The lowest BCUT2D eigenvalue weighted by molar-refractivity contribution is -0.122. The van der Waals surface area contributed by atoms with Crippen LogP contribution in [0.1, 0.15) is 37.2 Å². The van der Waals surface area contributed by atoms with Crippen LogP contribution in [0.4, 0.5) is 10.2 Å². The fourth-order valence-corrected chi connectivity index (χ4v) is 4.50. The molecule has 0 radical (unpaired) electrons. The summed E-state index contributed by atoms with van der Waals surface area (Å²) in [7, 11) is 0. The molecule has 0 bridgehead atoms. The topological polar surface area (TPSA) is 132 Å². The maximum atomic E-state index is 15.0. The van der Waals surface area contributed by atoms with E-state index in [-0.39, 0.29) is 30.4 Å². The third-order valence-corrected chi connectivity index (χ3v) is 6.22. The van der Waals surface area contributed by atoms with E-state index < -0.39 is 5.82 Å². The summed E-state index contributed by atoms with van der Waals surface area (Å²) in [4.78, 5) is 14.8. The van der Waals surface area contributed by atoms with Gasteiger partial charge in [-0.3, -0.25) is 14.7 Å². The number of nitrogens with one attached hydrogen (secondary N) is 1. The van der Waals surface area contributed by atoms with Crippen molar-refractivity contribution in [1.82, 2.24) is 20.1 Å². The van der Waals surface area contributed by atoms with Crippen LogP contribution in [-0.2, 0) is 4.79 Å². The number of aromatic hydroxyl groups is 1. The second-order valence-corrected chi connectivity index (χ2v) is 8.60. The van der Waals surface area contributed by atoms with Crippen molar-refractivity contribution >= 4 is 23.1 Å². The Bertz CT molecular complexity index is 1130. The molecule has 1 aliphatic carbocycles. The Morgan fingerprint density at radius 3 is 2.71 bits per heavy atom. The molecule has 34 heavy (non-hydrogen) atoms. The quantitative estimate of drug-likeness (QED) is 0.402. The fraction of sp³-hybridized carbons (Fsp3) is 0.417. The highest BCUT2D eigenvalue weighted by molar-refractivity contribution is 6.00. The molecule has 1 atom stereocenters. The number of phenols is 1. The summed E-state index contributed by atoms with van der Waals surface area (Å²) < 4.78 is 15.0. The number of hydrogen-bond donors (Lipinski definition) is 4. The number of β-amino-alcohol motifs (C(OH)–C–C–N with tert-alkyl or cyclic N) is 1. The molecule has 1 aliphatic heterocycles. The molecule has 1 saturated carbocycles. The number of aliphatic hydroxyl groups excluding tert-OH is 1. The molecule has 9 nitrogen and oxygen atoms in total. The first-order valence-electron chi connectivity index (χ1n) is 11.4. The van der Waals surface area contributed by atoms with Crippen molar-refractivity contribution in [3.8, 4) is 17.0 Å². The minimum atomic E-state index is -0.484. The highest BCUT2D eigenvalue weighted by Gasteiger charge is 2.27. The molecule has 0 unspecified atom stereocenters. The number of anilines is 1. The van der Waals surface area contributed by atoms with E-state index in [9.17, 15) is 10.2 Å². The normalized spacial score (nSPS) is 18.2. The molecular weight excluding hydrogens is 441 g/mol. The number of likely N-dealkylation sites (tertiary alicyclic amines) is 1. The molecule has 1 saturated heterocycles. The molecule has 2 aliphatic rings. The van der Waals surface area contributed by atoms with Gasteiger partial charge in [-0.25, -0.2) is 4.39 Å². The van der Waals surface area contributed by atoms with Gasteiger partial charge in [-0.05, 0) is 61.9 Å². The molecule has 4 N–H and O–H groups in total. The summed E-state index contributed by atoms with van der Waals surface area (Å²) in [5.41, 5.74) is 1.22. The van der Waals surface area contributed by atoms with E-state index >= 15 is 4.39 Å². The monoisotopic (exact) mass is 469 g/mol. The van der Waals surface area contributed by atoms with Gasteiger partial charge in [0.15, 0.2) is 5.82 Å². The summed E-state index contributed by atoms with van der Waals surface area (Å²) in [5.74, 6) is 0.343. The Hall–Kier alpha value is -3.37. The van der Waals surface area contributed by atoms with E-state index in [0.717, 1.165) is 49.7 Å². The predicted molar refractivity (Wildman–Crippen MR) is 125 cm³/mol. The van der Waals surface area contributed by atoms with Gasteiger partial charge in [-0.1, -0.05) is 0 Å². The van der Waals surface area contributed by atoms with Crippen LogP contribution in [0.25, 0.3) is 22.0 Å². The fourth-order valence-electron chi connectivity index (χ4n) is 4.50. The van der Waals surface area contributed by atoms with Crippen molar-refractivity contribution in [2.75, 3.05) is 31.6 Å². The van der Waals surface area contributed by atoms with Gasteiger partial charge in [0, 0.05) is 42.3 Å². The van der Waals surface area contributed by atoms with Crippen molar-refractivity contribution in [2.45, 2.75) is 37.6 Å². The first-order chi connectivity index (χ1) is 16.5. The van der Waals surface area contributed by atoms with Gasteiger partial charge in [0.05, 0.1) is 12.2 Å². The lowest BCUT2D eigenvalue weighted by Gasteiger charge is -2.33. The average Bonchev–Trinajstić information content (AvgIpc) is 3.67. The Labute approximate surface area is 196 Å². The van der Waals surface area contributed by atoms with E-state index in [1.165, 1.54) is 6.07 Å². The van der Waals surface area contributed by atoms with Crippen LogP contribution in [0, 0.1) is 5.82 Å². The standard InChI is InChI=1S/C23H26FN5O2.CH2O2/c24-19-10-15(14-3-4-14)11-20(31)21(19)22-17-5-6-25-12-18(17)23(28-27-22)26-16-2-1-7-29(13-16)8-9-30;2-1-3/h5-6,10-12,14,16,30-31H,1-4,7-9,13H2,(H,26,28);1H,(H,2,3)/t16-;/m1./s1. The Balaban J connectivity index is 0.000000868. The van der Waals surface area contributed by atoms with Gasteiger partial charge in [0.2, 0.25) is 0 Å². The van der Waals surface area contributed by atoms with Crippen molar-refractivity contribution in [2.24, 2.45) is 0 Å². The first kappa shape index (κ1) is 23.8. The maximum absolute atomic E-state index is 15.0. The SMILES string of the molecule is O=CO.OCCN1CCC[C@@H](Nc2nnc(-c3c(O)cc(C4CC4)cc3F)c3ccncc23)C1. The van der Waals surface area contributed by atoms with Crippen LogP contribution in [0.2, 0.25) is 0 Å². The molecule has 10 heteroatoms. The Morgan fingerprint density at radius 1 is 1.21 bits per heavy atom. The minimum Gasteiger partial charge on any atom is -0.507 e. The molecule has 5 rings (SSSR count). The molecule has 1 aromatic carbocycles. The number of phenolic OH excluding ortho intramolecular Hbond substituents is 1. The number of aliphatic hydroxyl groups is 1. The Kier molecular flexibility index (Phi) is 7.49. The average molecular weight is 470 g/mol. The zero-order valence-corrected chi connectivity index (χ0v) is 18.7. The van der Waals surface area contributed by atoms with Crippen LogP contribution >= 0.6 is 0 Å². The molecule has 3 aromatic rings. The highest BCUT2D eigenvalue weighted by Crippen LogP contribution is 2.44. The molecule has 2 fully saturated rings. The van der Waals surface area contributed by atoms with E-state index in [1.807, 2.05) is 0 Å². The van der Waals surface area contributed by atoms with Gasteiger partial charge in [-0.2, -0.15) is 0 Å². The highest BCUT2D eigenvalue weighted by atomic mass is 19.1. The number of fused-ring (bicyclic) bond motifs is 1. The second-order valence-electron chi connectivity index (χ2n) is 8.60. The second kappa shape index (κ2) is 10.7. The van der Waals surface area contributed by atoms with Gasteiger partial charge in [0.25, 0.3) is 6.47 Å². The van der Waals surface area contributed by atoms with E-state index in [0.29, 0.717) is 29.4 Å². The Morgan fingerprint density at radius 2 is 2.00 bits per heavy atom. The summed E-state index contributed by atoms with van der Waals surface area (Å²) in [6.45, 7) is 2.33. The smallest absolute Gasteiger partial charge is 0.290 e. The van der Waals surface area contributed by atoms with Crippen molar-refractivity contribution in [1.29, 1.82) is 0 Å². The third-order valence-electron chi connectivity index (χ3n) is 6.22. The molecule has 0 amide bonds. The number of carboxylic acid groups (broad SMARTS) is 1. The number of nitrogens with zero attached hydrogens (tertiary/aromatic N) is 4. The molecule has 2 aromatic heterocycles. The summed E-state index contributed by atoms with van der Waals surface area (Å²) in [6, 6.07) is 5.10. The predicted octanol–water partition coefficient (Wildman–Crippen LogP) is 2.98. The number of rotatable bonds is 6. The van der Waals surface area contributed by atoms with Gasteiger partial charge >= 0.3 is 0 Å². The van der Waals surface area contributed by atoms with E-state index in [4.69, 9.17) is 9.90 Å². The van der Waals surface area contributed by atoms with Gasteiger partial charge in [-0.15, -0.1) is 10.2 Å². The molecule has 0 spiro atoms. The zero-order valence-electron chi connectivity index (χ0n) is 18.7. The van der Waals surface area contributed by atoms with Crippen LogP contribution in [0.5, 0.6) is 5.75 Å². The van der Waals surface area contributed by atoms with Gasteiger partial charge < -0.3 is 20.6 Å². The van der Waals surface area contributed by atoms with Crippen LogP contribution < -0.4 is 5.32 Å². The summed E-state index contributed by atoms with van der Waals surface area (Å²) in [6.07, 6.45) is 7.41. The third kappa shape index (κ3) is 5.23. The number of aromatic nitrogens is 3. The summed E-state index contributed by atoms with van der Waals surface area (Å²) in [5, 5.41) is 40.3. The van der Waals surface area contributed by atoms with Crippen LogP contribution in [-0.4, -0.2) is 74.2 Å². The number of halogens is 1. The largest absolute Gasteiger partial charge is 0.507 e. The van der Waals surface area contributed by atoms with E-state index in [2.05, 4.69) is 25.4 Å². The minimum absolute atomic E-state index is 0.0754. The van der Waals surface area contributed by atoms with Gasteiger partial charge in [0.1, 0.15) is 17.3 Å². The zero-order chi connectivity index (χ0) is 24.1. The number of piperidine rings is 1.